The van der Waals surface area contributed by atoms with Crippen LogP contribution in [0.3, 0.4) is 0 Å². The molecule has 0 amide bonds. The van der Waals surface area contributed by atoms with Gasteiger partial charge in [0.05, 0.1) is 0 Å². The molecule has 2 nitrogen and oxygen atoms in total. The molecule has 0 radical (unpaired) electrons. The van der Waals surface area contributed by atoms with Crippen LogP contribution in [0, 0.1) is 11.8 Å². The van der Waals surface area contributed by atoms with Crippen LogP contribution in [0.1, 0.15) is 114 Å². The molecule has 0 aliphatic heterocycles. The lowest BCUT2D eigenvalue weighted by atomic mass is 9.77. The average molecular weight is 687 g/mol. The van der Waals surface area contributed by atoms with E-state index in [2.05, 4.69) is 111 Å². The number of rotatable bonds is 9. The summed E-state index contributed by atoms with van der Waals surface area (Å²) < 4.78 is 0. The zero-order chi connectivity index (χ0) is 35.6. The lowest BCUT2D eigenvalue weighted by Crippen LogP contribution is -2.13. The molecule has 2 aliphatic carbocycles. The van der Waals surface area contributed by atoms with Crippen LogP contribution in [0.5, 0.6) is 11.5 Å². The van der Waals surface area contributed by atoms with Crippen LogP contribution in [0.4, 0.5) is 0 Å². The molecule has 0 unspecified atom stereocenters. The van der Waals surface area contributed by atoms with Gasteiger partial charge in [-0.1, -0.05) is 137 Å². The van der Waals surface area contributed by atoms with Crippen molar-refractivity contribution >= 4 is 21.5 Å². The van der Waals surface area contributed by atoms with Crippen molar-refractivity contribution in [2.45, 2.75) is 103 Å². The quantitative estimate of drug-likeness (QED) is 0.159. The van der Waals surface area contributed by atoms with Gasteiger partial charge in [-0.3, -0.25) is 0 Å². The summed E-state index contributed by atoms with van der Waals surface area (Å²) in [5.74, 6) is 3.42. The zero-order valence-corrected chi connectivity index (χ0v) is 31.1. The first-order valence-electron chi connectivity index (χ1n) is 20.2. The summed E-state index contributed by atoms with van der Waals surface area (Å²) in [6.45, 7) is 4.60. The van der Waals surface area contributed by atoms with E-state index in [1.807, 2.05) is 12.1 Å². The molecule has 266 valence electrons. The lowest BCUT2D eigenvalue weighted by molar-refractivity contribution is 0.308. The van der Waals surface area contributed by atoms with Gasteiger partial charge in [-0.25, -0.2) is 0 Å². The minimum atomic E-state index is 0.207. The number of hydrogen-bond donors (Lipinski definition) is 2. The largest absolute Gasteiger partial charge is 0.507 e. The SMILES string of the molecule is CCC[C@H]1CC[C@H](c2ccc(-c3cc4ccccc4c(-c4c(O)c(-c5ccc([C@H]6CC[C@H](CCC)CC6)cc5)cc5ccccc45)c3O)cc2)CC1. The first-order chi connectivity index (χ1) is 25.5. The number of phenolic OH excluding ortho intramolecular Hbond substituents is 2. The van der Waals surface area contributed by atoms with Crippen molar-refractivity contribution in [2.24, 2.45) is 11.8 Å². The molecule has 0 spiro atoms. The molecule has 2 fully saturated rings. The molecule has 0 bridgehead atoms. The topological polar surface area (TPSA) is 40.5 Å². The molecule has 0 heterocycles. The highest BCUT2D eigenvalue weighted by Crippen LogP contribution is 2.52. The molecule has 0 aromatic heterocycles. The molecule has 2 N–H and O–H groups in total. The number of phenols is 2. The first kappa shape index (κ1) is 34.5. The Balaban J connectivity index is 1.19. The Hall–Kier alpha value is -4.56. The van der Waals surface area contributed by atoms with Gasteiger partial charge in [0, 0.05) is 22.3 Å². The van der Waals surface area contributed by atoms with Crippen LogP contribution < -0.4 is 0 Å². The fourth-order valence-corrected chi connectivity index (χ4v) is 9.87. The van der Waals surface area contributed by atoms with Crippen molar-refractivity contribution in [1.82, 2.24) is 0 Å². The minimum absolute atomic E-state index is 0.207. The highest BCUT2D eigenvalue weighted by molar-refractivity contribution is 6.13. The lowest BCUT2D eigenvalue weighted by Gasteiger charge is -2.28. The molecule has 8 rings (SSSR count). The van der Waals surface area contributed by atoms with Crippen molar-refractivity contribution in [1.29, 1.82) is 0 Å². The summed E-state index contributed by atoms with van der Waals surface area (Å²) in [5.41, 5.74) is 7.75. The number of fused-ring (bicyclic) bond motifs is 2. The molecule has 0 atom stereocenters. The fourth-order valence-electron chi connectivity index (χ4n) is 9.87. The molecular weight excluding hydrogens is 633 g/mol. The van der Waals surface area contributed by atoms with E-state index in [1.165, 1.54) is 88.2 Å². The van der Waals surface area contributed by atoms with E-state index < -0.39 is 0 Å². The van der Waals surface area contributed by atoms with E-state index in [1.54, 1.807) is 0 Å². The Kier molecular flexibility index (Phi) is 10.1. The maximum atomic E-state index is 12.4. The van der Waals surface area contributed by atoms with Crippen molar-refractivity contribution in [3.05, 3.63) is 120 Å². The number of aromatic hydroxyl groups is 2. The Morgan fingerprint density at radius 3 is 1.19 bits per heavy atom. The third-order valence-electron chi connectivity index (χ3n) is 12.8. The van der Waals surface area contributed by atoms with Crippen LogP contribution in [0.2, 0.25) is 0 Å². The van der Waals surface area contributed by atoms with Gasteiger partial charge in [0.1, 0.15) is 11.5 Å². The molecule has 6 aromatic carbocycles. The van der Waals surface area contributed by atoms with Gasteiger partial charge in [0.15, 0.2) is 0 Å². The van der Waals surface area contributed by atoms with E-state index >= 15 is 0 Å². The number of benzene rings is 6. The average Bonchev–Trinajstić information content (AvgIpc) is 3.19. The van der Waals surface area contributed by atoms with Gasteiger partial charge in [0.25, 0.3) is 0 Å². The van der Waals surface area contributed by atoms with E-state index in [-0.39, 0.29) is 11.5 Å². The van der Waals surface area contributed by atoms with Gasteiger partial charge in [-0.15, -0.1) is 0 Å². The maximum Gasteiger partial charge on any atom is 0.132 e. The molecular formula is C50H54O2. The number of hydrogen-bond acceptors (Lipinski definition) is 2. The predicted molar refractivity (Wildman–Crippen MR) is 220 cm³/mol. The zero-order valence-electron chi connectivity index (χ0n) is 31.1. The Morgan fingerprint density at radius 1 is 0.462 bits per heavy atom. The van der Waals surface area contributed by atoms with Crippen LogP contribution in [-0.4, -0.2) is 10.2 Å². The normalized spacial score (nSPS) is 20.7. The van der Waals surface area contributed by atoms with Crippen LogP contribution in [-0.2, 0) is 0 Å². The molecule has 2 heteroatoms. The summed E-state index contributed by atoms with van der Waals surface area (Å²) in [6.07, 6.45) is 15.7. The van der Waals surface area contributed by atoms with Crippen molar-refractivity contribution in [2.75, 3.05) is 0 Å². The summed E-state index contributed by atoms with van der Waals surface area (Å²) in [4.78, 5) is 0. The van der Waals surface area contributed by atoms with Gasteiger partial charge in [-0.2, -0.15) is 0 Å². The minimum Gasteiger partial charge on any atom is -0.507 e. The highest BCUT2D eigenvalue weighted by atomic mass is 16.3. The smallest absolute Gasteiger partial charge is 0.132 e. The molecule has 2 saturated carbocycles. The molecule has 52 heavy (non-hydrogen) atoms. The van der Waals surface area contributed by atoms with Crippen molar-refractivity contribution < 1.29 is 10.2 Å². The fraction of sp³-hybridized carbons (Fsp3) is 0.360. The van der Waals surface area contributed by atoms with Gasteiger partial charge in [-0.05, 0) is 131 Å². The van der Waals surface area contributed by atoms with Crippen molar-refractivity contribution in [3.63, 3.8) is 0 Å². The second kappa shape index (κ2) is 15.2. The molecule has 2 aliphatic rings. The third kappa shape index (κ3) is 6.73. The van der Waals surface area contributed by atoms with E-state index in [9.17, 15) is 10.2 Å². The Morgan fingerprint density at radius 2 is 0.827 bits per heavy atom. The van der Waals surface area contributed by atoms with Gasteiger partial charge in [0.2, 0.25) is 0 Å². The van der Waals surface area contributed by atoms with Crippen molar-refractivity contribution in [3.8, 4) is 44.9 Å². The molecule has 6 aromatic rings. The van der Waals surface area contributed by atoms with E-state index in [0.717, 1.165) is 55.6 Å². The van der Waals surface area contributed by atoms with E-state index in [0.29, 0.717) is 23.0 Å². The van der Waals surface area contributed by atoms with Gasteiger partial charge < -0.3 is 10.2 Å². The van der Waals surface area contributed by atoms with E-state index in [4.69, 9.17) is 0 Å². The second-order valence-corrected chi connectivity index (χ2v) is 16.0. The Labute approximate surface area is 310 Å². The standard InChI is InChI=1S/C50H54O2/c1-3-9-33-15-19-35(20-16-33)37-23-27-39(28-24-37)45-31-41-11-5-7-13-43(41)47(49(45)51)48-44-14-8-6-12-42(44)32-46(50(48)52)40-29-25-38(26-30-40)36-21-17-34(10-4-2)18-22-36/h5-8,11-14,23-36,51-52H,3-4,9-10,15-22H2,1-2H3/t33-,34-,35-,36-. The van der Waals surface area contributed by atoms with Crippen LogP contribution >= 0.6 is 0 Å². The first-order valence-corrected chi connectivity index (χ1v) is 20.2. The summed E-state index contributed by atoms with van der Waals surface area (Å²) >= 11 is 0. The maximum absolute atomic E-state index is 12.4. The predicted octanol–water partition coefficient (Wildman–Crippen LogP) is 14.6. The summed E-state index contributed by atoms with van der Waals surface area (Å²) in [6, 6.07) is 38.6. The van der Waals surface area contributed by atoms with Gasteiger partial charge >= 0.3 is 0 Å². The summed E-state index contributed by atoms with van der Waals surface area (Å²) in [5, 5.41) is 28.6. The highest BCUT2D eigenvalue weighted by Gasteiger charge is 2.26. The third-order valence-corrected chi connectivity index (χ3v) is 12.8. The van der Waals surface area contributed by atoms with Crippen LogP contribution in [0.15, 0.2) is 109 Å². The monoisotopic (exact) mass is 686 g/mol. The molecule has 0 saturated heterocycles. The second-order valence-electron chi connectivity index (χ2n) is 16.0. The Bertz CT molecular complexity index is 1990. The van der Waals surface area contributed by atoms with Crippen LogP contribution in [0.25, 0.3) is 54.9 Å². The summed E-state index contributed by atoms with van der Waals surface area (Å²) in [7, 11) is 0.